The SMILES string of the molecule is COCC1Oc2ncnc(Nc3ccc(Br)cc3F)c2NC1=O. The molecule has 0 radical (unpaired) electrons. The van der Waals surface area contributed by atoms with Crippen LogP contribution in [-0.2, 0) is 9.53 Å². The molecule has 1 aliphatic rings. The standard InChI is InChI=1S/C14H12BrFN4O3/c1-22-5-10-13(21)20-11-12(17-6-18-14(11)23-10)19-9-3-2-7(15)4-8(9)16/h2-4,6,10H,5H2,1H3,(H,20,21)(H,17,18,19). The minimum absolute atomic E-state index is 0.0966. The van der Waals surface area contributed by atoms with Crippen LogP contribution in [-0.4, -0.2) is 35.7 Å². The number of nitrogens with one attached hydrogen (secondary N) is 2. The van der Waals surface area contributed by atoms with Gasteiger partial charge < -0.3 is 20.1 Å². The molecule has 1 aliphatic heterocycles. The van der Waals surface area contributed by atoms with Crippen molar-refractivity contribution in [1.29, 1.82) is 0 Å². The van der Waals surface area contributed by atoms with Crippen LogP contribution in [0.1, 0.15) is 0 Å². The monoisotopic (exact) mass is 382 g/mol. The molecular weight excluding hydrogens is 371 g/mol. The zero-order valence-electron chi connectivity index (χ0n) is 12.0. The van der Waals surface area contributed by atoms with E-state index in [2.05, 4.69) is 36.5 Å². The van der Waals surface area contributed by atoms with Gasteiger partial charge in [-0.05, 0) is 18.2 Å². The molecule has 0 saturated carbocycles. The Kier molecular flexibility index (Phi) is 4.39. The van der Waals surface area contributed by atoms with Crippen molar-refractivity contribution in [2.45, 2.75) is 6.10 Å². The van der Waals surface area contributed by atoms with Gasteiger partial charge >= 0.3 is 0 Å². The first-order valence-electron chi connectivity index (χ1n) is 6.62. The summed E-state index contributed by atoms with van der Waals surface area (Å²) in [5, 5.41) is 5.47. The fraction of sp³-hybridized carbons (Fsp3) is 0.214. The highest BCUT2D eigenvalue weighted by molar-refractivity contribution is 9.10. The summed E-state index contributed by atoms with van der Waals surface area (Å²) >= 11 is 3.19. The van der Waals surface area contributed by atoms with Crippen LogP contribution >= 0.6 is 15.9 Å². The third-order valence-electron chi connectivity index (χ3n) is 3.11. The number of methoxy groups -OCH3 is 1. The number of hydrogen-bond donors (Lipinski definition) is 2. The van der Waals surface area contributed by atoms with Crippen molar-refractivity contribution >= 4 is 39.0 Å². The van der Waals surface area contributed by atoms with Gasteiger partial charge in [0.2, 0.25) is 12.0 Å². The zero-order valence-corrected chi connectivity index (χ0v) is 13.6. The van der Waals surface area contributed by atoms with Gasteiger partial charge in [0, 0.05) is 11.6 Å². The molecule has 1 aromatic carbocycles. The van der Waals surface area contributed by atoms with Crippen LogP contribution in [0.5, 0.6) is 5.88 Å². The average molecular weight is 383 g/mol. The summed E-state index contributed by atoms with van der Waals surface area (Å²) in [4.78, 5) is 20.0. The minimum Gasteiger partial charge on any atom is -0.460 e. The molecule has 1 unspecified atom stereocenters. The van der Waals surface area contributed by atoms with E-state index >= 15 is 0 Å². The number of fused-ring (bicyclic) bond motifs is 1. The van der Waals surface area contributed by atoms with Crippen molar-refractivity contribution in [1.82, 2.24) is 9.97 Å². The van der Waals surface area contributed by atoms with Gasteiger partial charge in [0.05, 0.1) is 12.3 Å². The van der Waals surface area contributed by atoms with E-state index in [0.717, 1.165) is 0 Å². The van der Waals surface area contributed by atoms with Crippen LogP contribution in [0.25, 0.3) is 0 Å². The van der Waals surface area contributed by atoms with Crippen LogP contribution < -0.4 is 15.4 Å². The topological polar surface area (TPSA) is 85.4 Å². The number of carbonyl (C=O) groups excluding carboxylic acids is 1. The summed E-state index contributed by atoms with van der Waals surface area (Å²) in [5.41, 5.74) is 0.467. The summed E-state index contributed by atoms with van der Waals surface area (Å²) < 4.78 is 25.0. The summed E-state index contributed by atoms with van der Waals surface area (Å²) in [7, 11) is 1.47. The molecule has 0 bridgehead atoms. The average Bonchev–Trinajstić information content (AvgIpc) is 2.52. The van der Waals surface area contributed by atoms with E-state index in [1.54, 1.807) is 12.1 Å². The van der Waals surface area contributed by atoms with Crippen LogP contribution in [0.3, 0.4) is 0 Å². The molecule has 2 heterocycles. The third-order valence-corrected chi connectivity index (χ3v) is 3.60. The lowest BCUT2D eigenvalue weighted by atomic mass is 10.2. The number of hydrogen-bond acceptors (Lipinski definition) is 6. The second-order valence-electron chi connectivity index (χ2n) is 4.70. The molecule has 1 aromatic heterocycles. The Labute approximate surface area is 139 Å². The van der Waals surface area contributed by atoms with Crippen molar-refractivity contribution in [3.8, 4) is 5.88 Å². The van der Waals surface area contributed by atoms with Crippen molar-refractivity contribution in [3.63, 3.8) is 0 Å². The van der Waals surface area contributed by atoms with Crippen LogP contribution in [0.15, 0.2) is 29.0 Å². The molecule has 0 saturated heterocycles. The van der Waals surface area contributed by atoms with Gasteiger partial charge in [0.1, 0.15) is 17.8 Å². The highest BCUT2D eigenvalue weighted by atomic mass is 79.9. The molecule has 120 valence electrons. The van der Waals surface area contributed by atoms with Crippen molar-refractivity contribution in [3.05, 3.63) is 34.8 Å². The normalized spacial score (nSPS) is 16.3. The van der Waals surface area contributed by atoms with E-state index in [0.29, 0.717) is 4.47 Å². The predicted octanol–water partition coefficient (Wildman–Crippen LogP) is 2.47. The van der Waals surface area contributed by atoms with Crippen molar-refractivity contribution < 1.29 is 18.7 Å². The number of amides is 1. The molecule has 9 heteroatoms. The number of ether oxygens (including phenoxy) is 2. The van der Waals surface area contributed by atoms with E-state index in [-0.39, 0.29) is 35.6 Å². The summed E-state index contributed by atoms with van der Waals surface area (Å²) in [6, 6.07) is 4.55. The maximum atomic E-state index is 13.9. The second kappa shape index (κ2) is 6.47. The first kappa shape index (κ1) is 15.6. The van der Waals surface area contributed by atoms with Crippen LogP contribution in [0.4, 0.5) is 21.6 Å². The Bertz CT molecular complexity index is 759. The number of nitrogens with zero attached hydrogens (tertiary/aromatic N) is 2. The summed E-state index contributed by atoms with van der Waals surface area (Å²) in [5.74, 6) is -0.414. The number of carbonyl (C=O) groups is 1. The Morgan fingerprint density at radius 2 is 2.30 bits per heavy atom. The van der Waals surface area contributed by atoms with E-state index in [1.807, 2.05) is 0 Å². The Hall–Kier alpha value is -2.26. The predicted molar refractivity (Wildman–Crippen MR) is 84.3 cm³/mol. The van der Waals surface area contributed by atoms with Crippen molar-refractivity contribution in [2.75, 3.05) is 24.4 Å². The van der Waals surface area contributed by atoms with Gasteiger partial charge in [-0.2, -0.15) is 4.98 Å². The largest absolute Gasteiger partial charge is 0.460 e. The molecule has 2 aromatic rings. The van der Waals surface area contributed by atoms with E-state index in [1.165, 1.54) is 19.5 Å². The number of anilines is 3. The first-order chi connectivity index (χ1) is 11.1. The zero-order chi connectivity index (χ0) is 16.4. The van der Waals surface area contributed by atoms with Gasteiger partial charge in [-0.1, -0.05) is 15.9 Å². The lowest BCUT2D eigenvalue weighted by molar-refractivity contribution is -0.125. The highest BCUT2D eigenvalue weighted by Crippen LogP contribution is 2.35. The van der Waals surface area contributed by atoms with Crippen LogP contribution in [0, 0.1) is 5.82 Å². The number of halogens is 2. The molecule has 7 nitrogen and oxygen atoms in total. The Morgan fingerprint density at radius 1 is 1.48 bits per heavy atom. The molecule has 2 N–H and O–H groups in total. The molecule has 1 amide bonds. The lowest BCUT2D eigenvalue weighted by Gasteiger charge is -2.25. The van der Waals surface area contributed by atoms with Crippen LogP contribution in [0.2, 0.25) is 0 Å². The molecule has 0 spiro atoms. The van der Waals surface area contributed by atoms with E-state index in [4.69, 9.17) is 9.47 Å². The maximum Gasteiger partial charge on any atom is 0.268 e. The number of benzene rings is 1. The third kappa shape index (κ3) is 3.25. The second-order valence-corrected chi connectivity index (χ2v) is 5.62. The number of aromatic nitrogens is 2. The van der Waals surface area contributed by atoms with Crippen molar-refractivity contribution in [2.24, 2.45) is 0 Å². The molecule has 1 atom stereocenters. The van der Waals surface area contributed by atoms with E-state index < -0.39 is 11.9 Å². The lowest BCUT2D eigenvalue weighted by Crippen LogP contribution is -2.40. The summed E-state index contributed by atoms with van der Waals surface area (Å²) in [6.45, 7) is 0.0966. The molecule has 0 aliphatic carbocycles. The minimum atomic E-state index is -0.792. The highest BCUT2D eigenvalue weighted by Gasteiger charge is 2.31. The smallest absolute Gasteiger partial charge is 0.268 e. The fourth-order valence-electron chi connectivity index (χ4n) is 2.04. The summed E-state index contributed by atoms with van der Waals surface area (Å²) in [6.07, 6.45) is 0.471. The van der Waals surface area contributed by atoms with Gasteiger partial charge in [0.15, 0.2) is 5.82 Å². The Morgan fingerprint density at radius 3 is 3.04 bits per heavy atom. The molecule has 23 heavy (non-hydrogen) atoms. The molecule has 3 rings (SSSR count). The van der Waals surface area contributed by atoms with E-state index in [9.17, 15) is 9.18 Å². The van der Waals surface area contributed by atoms with Gasteiger partial charge in [-0.25, -0.2) is 9.37 Å². The first-order valence-corrected chi connectivity index (χ1v) is 7.41. The molecule has 0 fully saturated rings. The van der Waals surface area contributed by atoms with Gasteiger partial charge in [-0.15, -0.1) is 0 Å². The molecular formula is C14H12BrFN4O3. The quantitative estimate of drug-likeness (QED) is 0.844. The Balaban J connectivity index is 1.91. The van der Waals surface area contributed by atoms with Gasteiger partial charge in [0.25, 0.3) is 5.91 Å². The fourth-order valence-corrected chi connectivity index (χ4v) is 2.37. The maximum absolute atomic E-state index is 13.9. The van der Waals surface area contributed by atoms with Gasteiger partial charge in [-0.3, -0.25) is 4.79 Å². The number of rotatable bonds is 4.